The first-order chi connectivity index (χ1) is 12.9. The highest BCUT2D eigenvalue weighted by atomic mass is 79.9. The van der Waals surface area contributed by atoms with Gasteiger partial charge in [0.1, 0.15) is 0 Å². The van der Waals surface area contributed by atoms with Crippen molar-refractivity contribution in [1.29, 1.82) is 0 Å². The van der Waals surface area contributed by atoms with Gasteiger partial charge in [-0.2, -0.15) is 0 Å². The molecule has 0 aliphatic heterocycles. The highest BCUT2D eigenvalue weighted by molar-refractivity contribution is 9.10. The second kappa shape index (κ2) is 8.63. The number of hydrogen-bond acceptors (Lipinski definition) is 2. The van der Waals surface area contributed by atoms with Crippen LogP contribution < -0.4 is 10.2 Å². The summed E-state index contributed by atoms with van der Waals surface area (Å²) in [7, 11) is 4.23. The number of fused-ring (bicyclic) bond motifs is 1. The van der Waals surface area contributed by atoms with Crippen LogP contribution in [0.2, 0.25) is 0 Å². The molecule has 0 aliphatic rings. The Morgan fingerprint density at radius 2 is 1.96 bits per heavy atom. The van der Waals surface area contributed by atoms with Gasteiger partial charge in [0, 0.05) is 28.4 Å². The summed E-state index contributed by atoms with van der Waals surface area (Å²) < 4.78 is 0.936. The van der Waals surface area contributed by atoms with E-state index in [1.54, 1.807) is 0 Å². The third-order valence-electron chi connectivity index (χ3n) is 4.47. The Hall–Kier alpha value is -2.24. The number of pyridine rings is 1. The molecule has 0 radical (unpaired) electrons. The summed E-state index contributed by atoms with van der Waals surface area (Å²) in [6.07, 6.45) is 0.950. The molecule has 1 aromatic heterocycles. The van der Waals surface area contributed by atoms with Gasteiger partial charge in [-0.05, 0) is 37.3 Å². The van der Waals surface area contributed by atoms with Crippen LogP contribution in [0.4, 0.5) is 0 Å². The number of rotatable bonds is 6. The molecule has 0 saturated carbocycles. The van der Waals surface area contributed by atoms with E-state index in [4.69, 9.17) is 4.98 Å². The number of benzene rings is 2. The standard InChI is InChI=1S/C22H24BrN3O/c1-15-6-4-7-16(12-15)21-14-19(22(27)24-10-5-11-26(2)3)18-13-17(23)8-9-20(18)25-21/h4,6-9,12-14H,5,10-11H2,1-3H3,(H,24,27)/p+1. The second-order valence-corrected chi connectivity index (χ2v) is 8.07. The Balaban J connectivity index is 1.98. The zero-order valence-corrected chi connectivity index (χ0v) is 17.6. The van der Waals surface area contributed by atoms with E-state index in [1.807, 2.05) is 36.4 Å². The van der Waals surface area contributed by atoms with Gasteiger partial charge in [0.2, 0.25) is 0 Å². The number of aryl methyl sites for hydroxylation is 1. The minimum atomic E-state index is -0.0526. The molecule has 0 unspecified atom stereocenters. The number of carbonyl (C=O) groups is 1. The number of quaternary nitrogens is 1. The van der Waals surface area contributed by atoms with Crippen molar-refractivity contribution in [3.8, 4) is 11.3 Å². The normalized spacial score (nSPS) is 11.1. The molecule has 0 aliphatic carbocycles. The summed E-state index contributed by atoms with van der Waals surface area (Å²) in [5, 5.41) is 3.92. The molecule has 2 aromatic carbocycles. The number of nitrogens with one attached hydrogen (secondary N) is 2. The lowest BCUT2D eigenvalue weighted by atomic mass is 10.0. The highest BCUT2D eigenvalue weighted by Crippen LogP contribution is 2.27. The van der Waals surface area contributed by atoms with Crippen molar-refractivity contribution in [3.05, 3.63) is 64.1 Å². The summed E-state index contributed by atoms with van der Waals surface area (Å²) >= 11 is 3.51. The van der Waals surface area contributed by atoms with Gasteiger partial charge in [-0.15, -0.1) is 0 Å². The molecule has 27 heavy (non-hydrogen) atoms. The zero-order valence-electron chi connectivity index (χ0n) is 16.0. The van der Waals surface area contributed by atoms with E-state index >= 15 is 0 Å². The van der Waals surface area contributed by atoms with Crippen molar-refractivity contribution in [2.45, 2.75) is 13.3 Å². The van der Waals surface area contributed by atoms with E-state index in [9.17, 15) is 4.79 Å². The molecular formula is C22H25BrN3O+. The van der Waals surface area contributed by atoms with Crippen LogP contribution >= 0.6 is 15.9 Å². The van der Waals surface area contributed by atoms with E-state index in [0.29, 0.717) is 12.1 Å². The quantitative estimate of drug-likeness (QED) is 0.594. The van der Waals surface area contributed by atoms with E-state index in [-0.39, 0.29) is 5.91 Å². The summed E-state index contributed by atoms with van der Waals surface area (Å²) in [6.45, 7) is 3.75. The zero-order chi connectivity index (χ0) is 19.4. The summed E-state index contributed by atoms with van der Waals surface area (Å²) in [5.74, 6) is -0.0526. The van der Waals surface area contributed by atoms with E-state index in [1.165, 1.54) is 10.5 Å². The largest absolute Gasteiger partial charge is 0.352 e. The number of amides is 1. The van der Waals surface area contributed by atoms with Crippen LogP contribution in [0, 0.1) is 6.92 Å². The first-order valence-electron chi connectivity index (χ1n) is 9.18. The van der Waals surface area contributed by atoms with Crippen molar-refractivity contribution in [2.75, 3.05) is 27.2 Å². The van der Waals surface area contributed by atoms with Gasteiger partial charge < -0.3 is 10.2 Å². The van der Waals surface area contributed by atoms with Gasteiger partial charge in [0.05, 0.1) is 37.4 Å². The molecule has 1 amide bonds. The Labute approximate surface area is 168 Å². The van der Waals surface area contributed by atoms with E-state index < -0.39 is 0 Å². The topological polar surface area (TPSA) is 46.4 Å². The third kappa shape index (κ3) is 4.93. The minimum absolute atomic E-state index is 0.0526. The summed E-state index contributed by atoms with van der Waals surface area (Å²) in [6, 6.07) is 16.0. The van der Waals surface area contributed by atoms with Gasteiger partial charge in [-0.1, -0.05) is 39.7 Å². The molecule has 2 N–H and O–H groups in total. The number of nitrogens with zero attached hydrogens (tertiary/aromatic N) is 1. The van der Waals surface area contributed by atoms with Gasteiger partial charge >= 0.3 is 0 Å². The molecule has 5 heteroatoms. The Kier molecular flexibility index (Phi) is 6.24. The van der Waals surface area contributed by atoms with Crippen LogP contribution in [0.3, 0.4) is 0 Å². The van der Waals surface area contributed by atoms with Crippen molar-refractivity contribution < 1.29 is 9.69 Å². The molecule has 0 saturated heterocycles. The van der Waals surface area contributed by atoms with Crippen molar-refractivity contribution in [2.24, 2.45) is 0 Å². The number of hydrogen-bond donors (Lipinski definition) is 2. The predicted molar refractivity (Wildman–Crippen MR) is 114 cm³/mol. The van der Waals surface area contributed by atoms with E-state index in [0.717, 1.165) is 39.6 Å². The highest BCUT2D eigenvalue weighted by Gasteiger charge is 2.14. The maximum Gasteiger partial charge on any atom is 0.252 e. The fourth-order valence-electron chi connectivity index (χ4n) is 3.08. The lowest BCUT2D eigenvalue weighted by molar-refractivity contribution is -0.858. The maximum absolute atomic E-state index is 12.9. The van der Waals surface area contributed by atoms with Crippen LogP contribution in [-0.2, 0) is 0 Å². The average Bonchev–Trinajstić information content (AvgIpc) is 2.64. The fraction of sp³-hybridized carbons (Fsp3) is 0.273. The SMILES string of the molecule is Cc1cccc(-c2cc(C(=O)NCCC[NH+](C)C)c3cc(Br)ccc3n2)c1. The Morgan fingerprint density at radius 3 is 2.70 bits per heavy atom. The van der Waals surface area contributed by atoms with Crippen molar-refractivity contribution >= 4 is 32.7 Å². The van der Waals surface area contributed by atoms with Crippen molar-refractivity contribution in [1.82, 2.24) is 10.3 Å². The molecule has 140 valence electrons. The molecule has 0 atom stereocenters. The maximum atomic E-state index is 12.9. The summed E-state index contributed by atoms with van der Waals surface area (Å²) in [4.78, 5) is 19.1. The fourth-order valence-corrected chi connectivity index (χ4v) is 3.44. The lowest BCUT2D eigenvalue weighted by Gasteiger charge is -2.12. The van der Waals surface area contributed by atoms with E-state index in [2.05, 4.69) is 54.4 Å². The predicted octanol–water partition coefficient (Wildman–Crippen LogP) is 3.24. The number of aromatic nitrogens is 1. The molecule has 0 spiro atoms. The molecule has 4 nitrogen and oxygen atoms in total. The Bertz CT molecular complexity index is 969. The first-order valence-corrected chi connectivity index (χ1v) is 9.98. The van der Waals surface area contributed by atoms with Gasteiger partial charge in [-0.25, -0.2) is 4.98 Å². The van der Waals surface area contributed by atoms with Crippen LogP contribution in [0.1, 0.15) is 22.3 Å². The average molecular weight is 427 g/mol. The van der Waals surface area contributed by atoms with Crippen LogP contribution in [0.5, 0.6) is 0 Å². The van der Waals surface area contributed by atoms with Crippen LogP contribution in [0.15, 0.2) is 53.0 Å². The summed E-state index contributed by atoms with van der Waals surface area (Å²) in [5.41, 5.74) is 4.49. The smallest absolute Gasteiger partial charge is 0.252 e. The van der Waals surface area contributed by atoms with Crippen LogP contribution in [0.25, 0.3) is 22.2 Å². The van der Waals surface area contributed by atoms with Gasteiger partial charge in [-0.3, -0.25) is 4.79 Å². The molecular weight excluding hydrogens is 402 g/mol. The molecule has 0 bridgehead atoms. The van der Waals surface area contributed by atoms with Gasteiger partial charge in [0.25, 0.3) is 5.91 Å². The molecule has 0 fully saturated rings. The Morgan fingerprint density at radius 1 is 1.15 bits per heavy atom. The lowest BCUT2D eigenvalue weighted by Crippen LogP contribution is -3.05. The van der Waals surface area contributed by atoms with Crippen LogP contribution in [-0.4, -0.2) is 38.1 Å². The second-order valence-electron chi connectivity index (χ2n) is 7.15. The van der Waals surface area contributed by atoms with Gasteiger partial charge in [0.15, 0.2) is 0 Å². The monoisotopic (exact) mass is 426 g/mol. The number of carbonyl (C=O) groups excluding carboxylic acids is 1. The molecule has 3 aromatic rings. The van der Waals surface area contributed by atoms with Crippen molar-refractivity contribution in [3.63, 3.8) is 0 Å². The minimum Gasteiger partial charge on any atom is -0.352 e. The number of halogens is 1. The molecule has 1 heterocycles. The third-order valence-corrected chi connectivity index (χ3v) is 4.96. The molecule has 3 rings (SSSR count). The first kappa shape index (κ1) is 19.5.